The minimum atomic E-state index is -0.234. The van der Waals surface area contributed by atoms with Crippen molar-refractivity contribution in [2.75, 3.05) is 5.32 Å². The summed E-state index contributed by atoms with van der Waals surface area (Å²) >= 11 is 0. The minimum Gasteiger partial charge on any atom is -0.324 e. The third kappa shape index (κ3) is 3.24. The van der Waals surface area contributed by atoms with E-state index in [2.05, 4.69) is 10.3 Å². The molecule has 1 N–H and O–H groups in total. The van der Waals surface area contributed by atoms with E-state index in [9.17, 15) is 9.59 Å². The summed E-state index contributed by atoms with van der Waals surface area (Å²) in [5.74, 6) is -0.234. The molecule has 0 aliphatic rings. The Kier molecular flexibility index (Phi) is 4.45. The smallest absolute Gasteiger partial charge is 0.256 e. The maximum atomic E-state index is 12.2. The second-order valence-corrected chi connectivity index (χ2v) is 5.71. The highest BCUT2D eigenvalue weighted by Crippen LogP contribution is 2.21. The number of anilines is 1. The number of hydrogen-bond donors (Lipinski definition) is 1. The van der Waals surface area contributed by atoms with Crippen LogP contribution in [0.25, 0.3) is 0 Å². The highest BCUT2D eigenvalue weighted by molar-refractivity contribution is 5.92. The van der Waals surface area contributed by atoms with E-state index in [1.165, 1.54) is 10.9 Å². The van der Waals surface area contributed by atoms with Crippen LogP contribution in [0, 0.1) is 34.6 Å². The second kappa shape index (κ2) is 6.13. The van der Waals surface area contributed by atoms with E-state index in [0.29, 0.717) is 11.3 Å². The topological polar surface area (TPSA) is 64.0 Å². The fraction of sp³-hybridized carbons (Fsp3) is 0.353. The van der Waals surface area contributed by atoms with E-state index >= 15 is 0 Å². The van der Waals surface area contributed by atoms with E-state index in [1.807, 2.05) is 32.9 Å². The zero-order valence-corrected chi connectivity index (χ0v) is 13.7. The van der Waals surface area contributed by atoms with Gasteiger partial charge in [0.25, 0.3) is 5.56 Å². The SMILES string of the molecule is Cc1cc(C)c(NC(=O)Cn2cnc(C)c(C)c2=O)c(C)c1. The first-order valence-corrected chi connectivity index (χ1v) is 7.20. The molecule has 0 saturated heterocycles. The first-order chi connectivity index (χ1) is 10.3. The number of carbonyl (C=O) groups excluding carboxylic acids is 1. The Morgan fingerprint density at radius 3 is 2.32 bits per heavy atom. The molecule has 2 rings (SSSR count). The van der Waals surface area contributed by atoms with Crippen LogP contribution in [0.5, 0.6) is 0 Å². The Hall–Kier alpha value is -2.43. The maximum Gasteiger partial charge on any atom is 0.256 e. The molecule has 0 saturated carbocycles. The zero-order chi connectivity index (χ0) is 16.4. The number of hydrogen-bond acceptors (Lipinski definition) is 3. The average molecular weight is 299 g/mol. The number of nitrogens with zero attached hydrogens (tertiary/aromatic N) is 2. The number of amides is 1. The number of aryl methyl sites for hydroxylation is 4. The molecule has 1 aromatic heterocycles. The van der Waals surface area contributed by atoms with Crippen molar-refractivity contribution in [2.45, 2.75) is 41.2 Å². The summed E-state index contributed by atoms with van der Waals surface area (Å²) < 4.78 is 1.33. The molecule has 0 aliphatic carbocycles. The van der Waals surface area contributed by atoms with Gasteiger partial charge >= 0.3 is 0 Å². The molecule has 0 aliphatic heterocycles. The molecule has 0 bridgehead atoms. The number of benzene rings is 1. The van der Waals surface area contributed by atoms with Crippen molar-refractivity contribution >= 4 is 11.6 Å². The third-order valence-corrected chi connectivity index (χ3v) is 3.77. The highest BCUT2D eigenvalue weighted by atomic mass is 16.2. The predicted octanol–water partition coefficient (Wildman–Crippen LogP) is 2.42. The molecule has 0 fully saturated rings. The molecule has 1 heterocycles. The highest BCUT2D eigenvalue weighted by Gasteiger charge is 2.11. The Balaban J connectivity index is 2.22. The van der Waals surface area contributed by atoms with Crippen LogP contribution in [0.3, 0.4) is 0 Å². The Morgan fingerprint density at radius 1 is 1.14 bits per heavy atom. The van der Waals surface area contributed by atoms with Crippen LogP contribution in [-0.2, 0) is 11.3 Å². The first kappa shape index (κ1) is 15.9. The van der Waals surface area contributed by atoms with Gasteiger partial charge in [0.2, 0.25) is 5.91 Å². The van der Waals surface area contributed by atoms with Gasteiger partial charge in [0.1, 0.15) is 6.54 Å². The van der Waals surface area contributed by atoms with Crippen LogP contribution in [0.1, 0.15) is 27.9 Å². The quantitative estimate of drug-likeness (QED) is 0.946. The summed E-state index contributed by atoms with van der Waals surface area (Å²) in [5.41, 5.74) is 5.06. The van der Waals surface area contributed by atoms with E-state index in [1.54, 1.807) is 13.8 Å². The van der Waals surface area contributed by atoms with Crippen molar-refractivity contribution < 1.29 is 4.79 Å². The summed E-state index contributed by atoms with van der Waals surface area (Å²) in [5, 5.41) is 2.89. The van der Waals surface area contributed by atoms with Crippen LogP contribution in [0.2, 0.25) is 0 Å². The summed E-state index contributed by atoms with van der Waals surface area (Å²) in [7, 11) is 0. The number of nitrogens with one attached hydrogen (secondary N) is 1. The molecule has 5 nitrogen and oxygen atoms in total. The first-order valence-electron chi connectivity index (χ1n) is 7.20. The fourth-order valence-electron chi connectivity index (χ4n) is 2.50. The van der Waals surface area contributed by atoms with Crippen LogP contribution in [0.15, 0.2) is 23.3 Å². The van der Waals surface area contributed by atoms with Gasteiger partial charge in [-0.05, 0) is 45.7 Å². The van der Waals surface area contributed by atoms with Gasteiger partial charge in [-0.1, -0.05) is 17.7 Å². The molecule has 0 spiro atoms. The predicted molar refractivity (Wildman–Crippen MR) is 87.3 cm³/mol. The van der Waals surface area contributed by atoms with Crippen LogP contribution < -0.4 is 10.9 Å². The number of rotatable bonds is 3. The second-order valence-electron chi connectivity index (χ2n) is 5.71. The third-order valence-electron chi connectivity index (χ3n) is 3.77. The molecule has 2 aromatic rings. The molecule has 1 aromatic carbocycles. The minimum absolute atomic E-state index is 0.0420. The maximum absolute atomic E-state index is 12.2. The van der Waals surface area contributed by atoms with Crippen LogP contribution in [0.4, 0.5) is 5.69 Å². The molecular weight excluding hydrogens is 278 g/mol. The van der Waals surface area contributed by atoms with Gasteiger partial charge in [-0.2, -0.15) is 0 Å². The van der Waals surface area contributed by atoms with E-state index in [0.717, 1.165) is 22.4 Å². The van der Waals surface area contributed by atoms with Crippen molar-refractivity contribution in [3.63, 3.8) is 0 Å². The van der Waals surface area contributed by atoms with E-state index in [4.69, 9.17) is 0 Å². The van der Waals surface area contributed by atoms with Gasteiger partial charge in [0, 0.05) is 16.9 Å². The summed E-state index contributed by atoms with van der Waals surface area (Å²) in [4.78, 5) is 28.4. The van der Waals surface area contributed by atoms with Crippen molar-refractivity contribution in [2.24, 2.45) is 0 Å². The van der Waals surface area contributed by atoms with Gasteiger partial charge in [-0.15, -0.1) is 0 Å². The van der Waals surface area contributed by atoms with Crippen molar-refractivity contribution in [3.8, 4) is 0 Å². The van der Waals surface area contributed by atoms with Gasteiger partial charge in [-0.25, -0.2) is 4.98 Å². The standard InChI is InChI=1S/C17H21N3O2/c1-10-6-11(2)16(12(3)7-10)19-15(21)8-20-9-18-14(5)13(4)17(20)22/h6-7,9H,8H2,1-5H3,(H,19,21). The van der Waals surface area contributed by atoms with Gasteiger partial charge < -0.3 is 5.32 Å². The summed E-state index contributed by atoms with van der Waals surface area (Å²) in [6.07, 6.45) is 1.42. The van der Waals surface area contributed by atoms with Crippen molar-refractivity contribution in [1.29, 1.82) is 0 Å². The number of aromatic nitrogens is 2. The Labute approximate surface area is 130 Å². The van der Waals surface area contributed by atoms with Gasteiger partial charge in [0.15, 0.2) is 0 Å². The lowest BCUT2D eigenvalue weighted by Crippen LogP contribution is -2.30. The normalized spacial score (nSPS) is 10.6. The van der Waals surface area contributed by atoms with Crippen molar-refractivity contribution in [1.82, 2.24) is 9.55 Å². The Morgan fingerprint density at radius 2 is 1.73 bits per heavy atom. The number of carbonyl (C=O) groups is 1. The molecule has 0 radical (unpaired) electrons. The molecule has 22 heavy (non-hydrogen) atoms. The Bertz CT molecular complexity index is 768. The van der Waals surface area contributed by atoms with Gasteiger partial charge in [-0.3, -0.25) is 14.2 Å². The van der Waals surface area contributed by atoms with Gasteiger partial charge in [0.05, 0.1) is 6.33 Å². The molecule has 1 amide bonds. The largest absolute Gasteiger partial charge is 0.324 e. The van der Waals surface area contributed by atoms with Crippen molar-refractivity contribution in [3.05, 3.63) is 56.8 Å². The zero-order valence-electron chi connectivity index (χ0n) is 13.7. The van der Waals surface area contributed by atoms with E-state index in [-0.39, 0.29) is 18.0 Å². The lowest BCUT2D eigenvalue weighted by Gasteiger charge is -2.13. The summed E-state index contributed by atoms with van der Waals surface area (Å²) in [6.45, 7) is 9.39. The molecular formula is C17H21N3O2. The monoisotopic (exact) mass is 299 g/mol. The fourth-order valence-corrected chi connectivity index (χ4v) is 2.50. The molecule has 0 atom stereocenters. The lowest BCUT2D eigenvalue weighted by molar-refractivity contribution is -0.116. The molecule has 116 valence electrons. The summed E-state index contributed by atoms with van der Waals surface area (Å²) in [6, 6.07) is 4.04. The van der Waals surface area contributed by atoms with E-state index < -0.39 is 0 Å². The average Bonchev–Trinajstić information content (AvgIpc) is 2.43. The molecule has 5 heteroatoms. The van der Waals surface area contributed by atoms with Crippen LogP contribution >= 0.6 is 0 Å². The molecule has 0 unspecified atom stereocenters. The van der Waals surface area contributed by atoms with Crippen LogP contribution in [-0.4, -0.2) is 15.5 Å². The lowest BCUT2D eigenvalue weighted by atomic mass is 10.1.